The quantitative estimate of drug-likeness (QED) is 0.812. The maximum absolute atomic E-state index is 12.1. The van der Waals surface area contributed by atoms with Gasteiger partial charge in [-0.15, -0.1) is 0 Å². The lowest BCUT2D eigenvalue weighted by atomic mass is 10.1. The number of carbonyl (C=O) groups is 1. The van der Waals surface area contributed by atoms with Crippen molar-refractivity contribution in [3.63, 3.8) is 0 Å². The molecule has 5 nitrogen and oxygen atoms in total. The molecule has 1 aromatic rings. The highest BCUT2D eigenvalue weighted by Crippen LogP contribution is 2.44. The van der Waals surface area contributed by atoms with Gasteiger partial charge in [-0.05, 0) is 36.0 Å². The maximum Gasteiger partial charge on any atom is 0.261 e. The zero-order valence-electron chi connectivity index (χ0n) is 12.0. The van der Waals surface area contributed by atoms with E-state index < -0.39 is 9.05 Å². The number of hydrogen-bond donors (Lipinski definition) is 1. The predicted octanol–water partition coefficient (Wildman–Crippen LogP) is 2.29. The Balaban J connectivity index is 2.22. The average molecular weight is 332 g/mol. The van der Waals surface area contributed by atoms with Crippen LogP contribution in [-0.2, 0) is 20.4 Å². The van der Waals surface area contributed by atoms with Crippen molar-refractivity contribution in [1.29, 1.82) is 0 Å². The first-order chi connectivity index (χ1) is 9.75. The van der Waals surface area contributed by atoms with E-state index in [2.05, 4.69) is 12.2 Å². The van der Waals surface area contributed by atoms with Crippen LogP contribution in [0, 0.1) is 5.41 Å². The molecule has 21 heavy (non-hydrogen) atoms. The topological polar surface area (TPSA) is 72.5 Å². The van der Waals surface area contributed by atoms with Gasteiger partial charge in [-0.1, -0.05) is 13.0 Å². The molecule has 1 aliphatic carbocycles. The Kier molecular flexibility index (Phi) is 4.60. The molecule has 2 rings (SSSR count). The van der Waals surface area contributed by atoms with Crippen LogP contribution in [0.1, 0.15) is 35.7 Å². The number of ether oxygens (including phenoxy) is 1. The monoisotopic (exact) mass is 331 g/mol. The minimum absolute atomic E-state index is 0.0868. The first kappa shape index (κ1) is 16.3. The molecule has 0 aromatic heterocycles. The molecule has 0 radical (unpaired) electrons. The van der Waals surface area contributed by atoms with Gasteiger partial charge in [0, 0.05) is 29.9 Å². The van der Waals surface area contributed by atoms with Gasteiger partial charge in [-0.25, -0.2) is 8.42 Å². The van der Waals surface area contributed by atoms with Gasteiger partial charge in [0.15, 0.2) is 0 Å². The third-order valence-corrected chi connectivity index (χ3v) is 5.08. The van der Waals surface area contributed by atoms with Crippen LogP contribution in [0.25, 0.3) is 0 Å². The third kappa shape index (κ3) is 4.18. The first-order valence-corrected chi connectivity index (χ1v) is 8.91. The normalized spacial score (nSPS) is 16.5. The van der Waals surface area contributed by atoms with Gasteiger partial charge in [0.2, 0.25) is 0 Å². The summed E-state index contributed by atoms with van der Waals surface area (Å²) in [5.74, 6) is -0.298. The fourth-order valence-corrected chi connectivity index (χ4v) is 3.12. The fraction of sp³-hybridized carbons (Fsp3) is 0.500. The summed E-state index contributed by atoms with van der Waals surface area (Å²) in [5, 5.41) is 2.82. The second kappa shape index (κ2) is 5.94. The minimum Gasteiger partial charge on any atom is -0.380 e. The molecule has 0 atom stereocenters. The summed E-state index contributed by atoms with van der Waals surface area (Å²) < 4.78 is 28.2. The summed E-state index contributed by atoms with van der Waals surface area (Å²) in [4.78, 5) is 12.0. The van der Waals surface area contributed by atoms with Crippen molar-refractivity contribution in [2.24, 2.45) is 5.41 Å². The van der Waals surface area contributed by atoms with Crippen LogP contribution in [-0.4, -0.2) is 28.0 Å². The van der Waals surface area contributed by atoms with Crippen molar-refractivity contribution in [3.8, 4) is 0 Å². The first-order valence-electron chi connectivity index (χ1n) is 6.60. The molecule has 1 amide bonds. The van der Waals surface area contributed by atoms with Gasteiger partial charge in [-0.2, -0.15) is 0 Å². The van der Waals surface area contributed by atoms with Gasteiger partial charge < -0.3 is 10.1 Å². The van der Waals surface area contributed by atoms with Crippen LogP contribution in [0.3, 0.4) is 0 Å². The van der Waals surface area contributed by atoms with Crippen molar-refractivity contribution < 1.29 is 17.9 Å². The highest BCUT2D eigenvalue weighted by Gasteiger charge is 2.37. The van der Waals surface area contributed by atoms with E-state index in [9.17, 15) is 13.2 Å². The SMILES string of the molecule is COCc1ccc(C(=O)NCC2(C)CC2)cc1S(=O)(=O)Cl. The lowest BCUT2D eigenvalue weighted by molar-refractivity contribution is 0.0945. The molecule has 1 N–H and O–H groups in total. The number of hydrogen-bond acceptors (Lipinski definition) is 4. The van der Waals surface area contributed by atoms with Gasteiger partial charge >= 0.3 is 0 Å². The summed E-state index contributed by atoms with van der Waals surface area (Å²) in [6, 6.07) is 4.41. The smallest absolute Gasteiger partial charge is 0.261 e. The van der Waals surface area contributed by atoms with Gasteiger partial charge in [0.1, 0.15) is 0 Å². The van der Waals surface area contributed by atoms with E-state index in [1.54, 1.807) is 12.1 Å². The van der Waals surface area contributed by atoms with Gasteiger partial charge in [-0.3, -0.25) is 4.79 Å². The van der Waals surface area contributed by atoms with Crippen LogP contribution in [0.5, 0.6) is 0 Å². The lowest BCUT2D eigenvalue weighted by Crippen LogP contribution is -2.29. The summed E-state index contributed by atoms with van der Waals surface area (Å²) in [6.45, 7) is 2.81. The molecule has 0 spiro atoms. The Labute approximate surface area is 129 Å². The van der Waals surface area contributed by atoms with E-state index in [0.717, 1.165) is 12.8 Å². The molecule has 0 bridgehead atoms. The number of methoxy groups -OCH3 is 1. The Hall–Kier alpha value is -1.11. The molecule has 0 aliphatic heterocycles. The van der Waals surface area contributed by atoms with Crippen LogP contribution in [0.2, 0.25) is 0 Å². The number of rotatable bonds is 6. The molecule has 1 saturated carbocycles. The molecule has 1 fully saturated rings. The average Bonchev–Trinajstić information content (AvgIpc) is 3.14. The number of benzene rings is 1. The van der Waals surface area contributed by atoms with E-state index in [1.807, 2.05) is 0 Å². The number of carbonyl (C=O) groups excluding carboxylic acids is 1. The Morgan fingerprint density at radius 3 is 2.62 bits per heavy atom. The van der Waals surface area contributed by atoms with Crippen LogP contribution < -0.4 is 5.32 Å². The molecule has 0 heterocycles. The highest BCUT2D eigenvalue weighted by molar-refractivity contribution is 8.13. The number of halogens is 1. The third-order valence-electron chi connectivity index (χ3n) is 3.67. The predicted molar refractivity (Wildman–Crippen MR) is 79.9 cm³/mol. The van der Waals surface area contributed by atoms with Crippen LogP contribution in [0.4, 0.5) is 0 Å². The van der Waals surface area contributed by atoms with Gasteiger partial charge in [0.05, 0.1) is 11.5 Å². The molecule has 1 aliphatic rings. The zero-order valence-corrected chi connectivity index (χ0v) is 13.6. The standard InChI is InChI=1S/C14H18ClNO4S/c1-14(5-6-14)9-16-13(17)10-3-4-11(8-20-2)12(7-10)21(15,18)19/h3-4,7H,5-6,8-9H2,1-2H3,(H,16,17). The molecule has 116 valence electrons. The van der Waals surface area contributed by atoms with Gasteiger partial charge in [0.25, 0.3) is 15.0 Å². The van der Waals surface area contributed by atoms with E-state index in [0.29, 0.717) is 12.1 Å². The summed E-state index contributed by atoms with van der Waals surface area (Å²) in [5.41, 5.74) is 0.893. The minimum atomic E-state index is -3.93. The van der Waals surface area contributed by atoms with Crippen molar-refractivity contribution in [1.82, 2.24) is 5.32 Å². The molecular weight excluding hydrogens is 314 g/mol. The fourth-order valence-electron chi connectivity index (χ4n) is 1.98. The lowest BCUT2D eigenvalue weighted by Gasteiger charge is -2.12. The van der Waals surface area contributed by atoms with E-state index in [-0.39, 0.29) is 28.4 Å². The molecule has 1 aromatic carbocycles. The van der Waals surface area contributed by atoms with Crippen molar-refractivity contribution >= 4 is 25.6 Å². The van der Waals surface area contributed by atoms with E-state index >= 15 is 0 Å². The summed E-state index contributed by atoms with van der Waals surface area (Å²) in [7, 11) is 2.95. The summed E-state index contributed by atoms with van der Waals surface area (Å²) in [6.07, 6.45) is 2.20. The van der Waals surface area contributed by atoms with Crippen molar-refractivity contribution in [2.75, 3.05) is 13.7 Å². The van der Waals surface area contributed by atoms with Crippen LogP contribution >= 0.6 is 10.7 Å². The highest BCUT2D eigenvalue weighted by atomic mass is 35.7. The Morgan fingerprint density at radius 1 is 1.43 bits per heavy atom. The Morgan fingerprint density at radius 2 is 2.10 bits per heavy atom. The van der Waals surface area contributed by atoms with Crippen molar-refractivity contribution in [2.45, 2.75) is 31.3 Å². The van der Waals surface area contributed by atoms with Crippen molar-refractivity contribution in [3.05, 3.63) is 29.3 Å². The summed E-state index contributed by atoms with van der Waals surface area (Å²) >= 11 is 0. The number of amides is 1. The molecule has 0 unspecified atom stereocenters. The van der Waals surface area contributed by atoms with Crippen LogP contribution in [0.15, 0.2) is 23.1 Å². The molecule has 0 saturated heterocycles. The second-order valence-electron chi connectivity index (χ2n) is 5.69. The maximum atomic E-state index is 12.1. The largest absolute Gasteiger partial charge is 0.380 e. The number of nitrogens with one attached hydrogen (secondary N) is 1. The molecular formula is C14H18ClNO4S. The van der Waals surface area contributed by atoms with E-state index in [1.165, 1.54) is 13.2 Å². The second-order valence-corrected chi connectivity index (χ2v) is 8.22. The van der Waals surface area contributed by atoms with E-state index in [4.69, 9.17) is 15.4 Å². The Bertz CT molecular complexity index is 653. The zero-order chi connectivity index (χ0) is 15.7. The molecule has 7 heteroatoms.